The Balaban J connectivity index is 1.82. The summed E-state index contributed by atoms with van der Waals surface area (Å²) in [5.41, 5.74) is 0. The normalized spacial score (nSPS) is 10.7. The highest BCUT2D eigenvalue weighted by Gasteiger charge is 2.09. The Hall–Kier alpha value is -1.73. The number of aryl methyl sites for hydroxylation is 1. The maximum Gasteiger partial charge on any atom is 0.324 e. The average Bonchev–Trinajstić information content (AvgIpc) is 2.97. The number of oxazole rings is 1. The second-order valence-electron chi connectivity index (χ2n) is 3.67. The maximum atomic E-state index is 10.5. The standard InChI is InChI=1S/C11H13N3O3S/c1-2-8-5-13-10(17-8)7-12-6-9-3-4-11(18-9)14(15)16/h3-5,12H,2,6-7H2,1H3. The molecule has 0 fully saturated rings. The first kappa shape index (κ1) is 12.7. The third-order valence-electron chi connectivity index (χ3n) is 2.35. The van der Waals surface area contributed by atoms with E-state index < -0.39 is 0 Å². The third-order valence-corrected chi connectivity index (χ3v) is 3.39. The van der Waals surface area contributed by atoms with Crippen molar-refractivity contribution in [3.63, 3.8) is 0 Å². The van der Waals surface area contributed by atoms with Gasteiger partial charge in [0.15, 0.2) is 0 Å². The molecule has 0 aliphatic rings. The Kier molecular flexibility index (Phi) is 4.06. The summed E-state index contributed by atoms with van der Waals surface area (Å²) in [5.74, 6) is 1.50. The Morgan fingerprint density at radius 3 is 2.94 bits per heavy atom. The number of rotatable bonds is 6. The zero-order valence-electron chi connectivity index (χ0n) is 9.88. The van der Waals surface area contributed by atoms with Crippen molar-refractivity contribution in [2.75, 3.05) is 0 Å². The van der Waals surface area contributed by atoms with Crippen LogP contribution >= 0.6 is 11.3 Å². The van der Waals surface area contributed by atoms with E-state index in [0.717, 1.165) is 17.1 Å². The fourth-order valence-electron chi connectivity index (χ4n) is 1.45. The summed E-state index contributed by atoms with van der Waals surface area (Å²) in [6.45, 7) is 3.09. The molecule has 6 nitrogen and oxygen atoms in total. The molecule has 96 valence electrons. The molecule has 0 aliphatic heterocycles. The highest BCUT2D eigenvalue weighted by molar-refractivity contribution is 7.15. The molecule has 2 aromatic heterocycles. The molecule has 0 radical (unpaired) electrons. The van der Waals surface area contributed by atoms with E-state index in [1.807, 2.05) is 6.92 Å². The van der Waals surface area contributed by atoms with E-state index in [0.29, 0.717) is 19.0 Å². The predicted octanol–water partition coefficient (Wildman–Crippen LogP) is 2.50. The molecule has 0 aromatic carbocycles. The number of thiophene rings is 1. The Morgan fingerprint density at radius 2 is 2.33 bits per heavy atom. The van der Waals surface area contributed by atoms with Gasteiger partial charge in [0, 0.05) is 23.9 Å². The van der Waals surface area contributed by atoms with Crippen molar-refractivity contribution >= 4 is 16.3 Å². The van der Waals surface area contributed by atoms with Crippen LogP contribution in [-0.4, -0.2) is 9.91 Å². The average molecular weight is 267 g/mol. The van der Waals surface area contributed by atoms with E-state index in [1.165, 1.54) is 17.4 Å². The second kappa shape index (κ2) is 5.74. The van der Waals surface area contributed by atoms with Crippen LogP contribution in [0.3, 0.4) is 0 Å². The van der Waals surface area contributed by atoms with Crippen molar-refractivity contribution in [1.82, 2.24) is 10.3 Å². The van der Waals surface area contributed by atoms with Gasteiger partial charge in [-0.1, -0.05) is 18.3 Å². The summed E-state index contributed by atoms with van der Waals surface area (Å²) < 4.78 is 5.44. The van der Waals surface area contributed by atoms with Crippen LogP contribution in [0.15, 0.2) is 22.7 Å². The van der Waals surface area contributed by atoms with Gasteiger partial charge < -0.3 is 9.73 Å². The minimum Gasteiger partial charge on any atom is -0.444 e. The fourth-order valence-corrected chi connectivity index (χ4v) is 2.24. The van der Waals surface area contributed by atoms with Gasteiger partial charge in [0.05, 0.1) is 17.7 Å². The van der Waals surface area contributed by atoms with Gasteiger partial charge in [-0.3, -0.25) is 10.1 Å². The van der Waals surface area contributed by atoms with Crippen LogP contribution in [-0.2, 0) is 19.5 Å². The lowest BCUT2D eigenvalue weighted by molar-refractivity contribution is -0.380. The van der Waals surface area contributed by atoms with Gasteiger partial charge in [0.1, 0.15) is 5.76 Å². The molecule has 0 unspecified atom stereocenters. The number of nitrogens with one attached hydrogen (secondary N) is 1. The summed E-state index contributed by atoms with van der Waals surface area (Å²) in [4.78, 5) is 15.2. The lowest BCUT2D eigenvalue weighted by Crippen LogP contribution is -2.11. The summed E-state index contributed by atoms with van der Waals surface area (Å²) in [7, 11) is 0. The first-order chi connectivity index (χ1) is 8.69. The first-order valence-corrected chi connectivity index (χ1v) is 6.38. The number of nitrogens with zero attached hydrogens (tertiary/aromatic N) is 2. The van der Waals surface area contributed by atoms with Crippen molar-refractivity contribution in [2.24, 2.45) is 0 Å². The van der Waals surface area contributed by atoms with Gasteiger partial charge in [0.25, 0.3) is 0 Å². The van der Waals surface area contributed by atoms with Gasteiger partial charge in [-0.05, 0) is 6.07 Å². The minimum atomic E-state index is -0.379. The Bertz CT molecular complexity index is 535. The molecule has 7 heteroatoms. The molecule has 0 saturated carbocycles. The zero-order valence-corrected chi connectivity index (χ0v) is 10.7. The number of hydrogen-bond acceptors (Lipinski definition) is 6. The van der Waals surface area contributed by atoms with Crippen molar-refractivity contribution in [3.05, 3.63) is 45.0 Å². The Labute approximate surface area is 108 Å². The van der Waals surface area contributed by atoms with E-state index >= 15 is 0 Å². The van der Waals surface area contributed by atoms with Crippen LogP contribution in [0.4, 0.5) is 5.00 Å². The molecule has 0 saturated heterocycles. The minimum absolute atomic E-state index is 0.163. The van der Waals surface area contributed by atoms with Gasteiger partial charge >= 0.3 is 5.00 Å². The topological polar surface area (TPSA) is 81.2 Å². The van der Waals surface area contributed by atoms with Crippen LogP contribution < -0.4 is 5.32 Å². The molecule has 0 spiro atoms. The largest absolute Gasteiger partial charge is 0.444 e. The molecule has 2 rings (SSSR count). The molecule has 0 aliphatic carbocycles. The molecule has 18 heavy (non-hydrogen) atoms. The Morgan fingerprint density at radius 1 is 1.50 bits per heavy atom. The van der Waals surface area contributed by atoms with Crippen molar-refractivity contribution < 1.29 is 9.34 Å². The first-order valence-electron chi connectivity index (χ1n) is 5.56. The summed E-state index contributed by atoms with van der Waals surface area (Å²) in [5, 5.41) is 13.8. The molecule has 2 heterocycles. The number of hydrogen-bond donors (Lipinski definition) is 1. The highest BCUT2D eigenvalue weighted by Crippen LogP contribution is 2.23. The highest BCUT2D eigenvalue weighted by atomic mass is 32.1. The van der Waals surface area contributed by atoms with Crippen LogP contribution in [0, 0.1) is 10.1 Å². The maximum absolute atomic E-state index is 10.5. The number of nitro groups is 1. The van der Waals surface area contributed by atoms with Crippen LogP contribution in [0.2, 0.25) is 0 Å². The lowest BCUT2D eigenvalue weighted by Gasteiger charge is -1.98. The van der Waals surface area contributed by atoms with Gasteiger partial charge in [-0.2, -0.15) is 0 Å². The SMILES string of the molecule is CCc1cnc(CNCc2ccc([N+](=O)[O-])s2)o1. The van der Waals surface area contributed by atoms with E-state index in [9.17, 15) is 10.1 Å². The van der Waals surface area contributed by atoms with Gasteiger partial charge in [-0.25, -0.2) is 4.98 Å². The van der Waals surface area contributed by atoms with Crippen molar-refractivity contribution in [3.8, 4) is 0 Å². The van der Waals surface area contributed by atoms with E-state index in [1.54, 1.807) is 12.3 Å². The van der Waals surface area contributed by atoms with E-state index in [-0.39, 0.29) is 9.92 Å². The summed E-state index contributed by atoms with van der Waals surface area (Å²) >= 11 is 1.17. The predicted molar refractivity (Wildman–Crippen MR) is 67.4 cm³/mol. The van der Waals surface area contributed by atoms with Gasteiger partial charge in [0.2, 0.25) is 5.89 Å². The zero-order chi connectivity index (χ0) is 13.0. The number of aromatic nitrogens is 1. The summed E-state index contributed by atoms with van der Waals surface area (Å²) in [6, 6.07) is 3.27. The van der Waals surface area contributed by atoms with Crippen LogP contribution in [0.1, 0.15) is 23.5 Å². The van der Waals surface area contributed by atoms with E-state index in [2.05, 4.69) is 10.3 Å². The molecule has 2 aromatic rings. The molecule has 0 amide bonds. The lowest BCUT2D eigenvalue weighted by atomic mass is 10.4. The van der Waals surface area contributed by atoms with Crippen molar-refractivity contribution in [1.29, 1.82) is 0 Å². The van der Waals surface area contributed by atoms with Crippen LogP contribution in [0.25, 0.3) is 0 Å². The molecule has 0 bridgehead atoms. The molecule has 1 N–H and O–H groups in total. The third kappa shape index (κ3) is 3.14. The van der Waals surface area contributed by atoms with Gasteiger partial charge in [-0.15, -0.1) is 0 Å². The van der Waals surface area contributed by atoms with E-state index in [4.69, 9.17) is 4.42 Å². The van der Waals surface area contributed by atoms with Crippen LogP contribution in [0.5, 0.6) is 0 Å². The molecular formula is C11H13N3O3S. The molecular weight excluding hydrogens is 254 g/mol. The second-order valence-corrected chi connectivity index (χ2v) is 4.82. The quantitative estimate of drug-likeness (QED) is 0.642. The smallest absolute Gasteiger partial charge is 0.324 e. The fraction of sp³-hybridized carbons (Fsp3) is 0.364. The monoisotopic (exact) mass is 267 g/mol. The summed E-state index contributed by atoms with van der Waals surface area (Å²) in [6.07, 6.45) is 2.54. The molecule has 0 atom stereocenters. The van der Waals surface area contributed by atoms with Crippen molar-refractivity contribution in [2.45, 2.75) is 26.4 Å².